The summed E-state index contributed by atoms with van der Waals surface area (Å²) in [6, 6.07) is -0.147. The molecule has 0 saturated carbocycles. The van der Waals surface area contributed by atoms with E-state index in [1.807, 2.05) is 6.92 Å². The van der Waals surface area contributed by atoms with E-state index < -0.39 is 6.09 Å². The van der Waals surface area contributed by atoms with Crippen LogP contribution < -0.4 is 4.91 Å². The summed E-state index contributed by atoms with van der Waals surface area (Å²) in [5.41, 5.74) is 6.50. The van der Waals surface area contributed by atoms with Crippen molar-refractivity contribution in [2.24, 2.45) is 5.11 Å². The highest BCUT2D eigenvalue weighted by molar-refractivity contribution is 5.65. The van der Waals surface area contributed by atoms with Crippen molar-refractivity contribution in [1.29, 1.82) is 5.53 Å². The first-order valence-corrected chi connectivity index (χ1v) is 3.71. The van der Waals surface area contributed by atoms with Crippen molar-refractivity contribution in [2.75, 3.05) is 6.54 Å². The van der Waals surface area contributed by atoms with Gasteiger partial charge in [-0.15, -0.1) is 0 Å². The summed E-state index contributed by atoms with van der Waals surface area (Å²) in [4.78, 5) is 14.8. The van der Waals surface area contributed by atoms with Crippen LogP contribution in [0.3, 0.4) is 0 Å². The van der Waals surface area contributed by atoms with Gasteiger partial charge >= 0.3 is 6.09 Å². The van der Waals surface area contributed by atoms with Crippen LogP contribution in [-0.4, -0.2) is 34.7 Å². The summed E-state index contributed by atoms with van der Waals surface area (Å²) in [6.45, 7) is 2.19. The first kappa shape index (κ1) is 8.67. The number of likely N-dealkylation sites (tertiary alicyclic amines) is 1. The quantitative estimate of drug-likeness (QED) is 0.448. The number of carboxylic acid groups (broad SMARTS) is 1. The van der Waals surface area contributed by atoms with E-state index in [-0.39, 0.29) is 12.1 Å². The second-order valence-electron chi connectivity index (χ2n) is 2.89. The fourth-order valence-electron chi connectivity index (χ4n) is 1.43. The zero-order valence-corrected chi connectivity index (χ0v) is 6.77. The van der Waals surface area contributed by atoms with Crippen molar-refractivity contribution in [1.82, 2.24) is 9.81 Å². The third-order valence-corrected chi connectivity index (χ3v) is 2.02. The molecule has 0 aromatic carbocycles. The van der Waals surface area contributed by atoms with Crippen LogP contribution in [0.5, 0.6) is 0 Å². The van der Waals surface area contributed by atoms with Crippen LogP contribution in [0.1, 0.15) is 13.3 Å². The van der Waals surface area contributed by atoms with Crippen molar-refractivity contribution in [3.05, 3.63) is 0 Å². The molecule has 0 bridgehead atoms. The van der Waals surface area contributed by atoms with Crippen molar-refractivity contribution in [2.45, 2.75) is 25.4 Å². The normalized spacial score (nSPS) is 28.2. The highest BCUT2D eigenvalue weighted by Crippen LogP contribution is 2.19. The highest BCUT2D eigenvalue weighted by atomic mass is 16.4. The first-order valence-electron chi connectivity index (χ1n) is 3.71. The number of amides is 1. The minimum atomic E-state index is -0.926. The van der Waals surface area contributed by atoms with Crippen LogP contribution in [0.2, 0.25) is 0 Å². The molecular formula is C6H11N4O2+. The van der Waals surface area contributed by atoms with Gasteiger partial charge in [-0.2, -0.15) is 0 Å². The fraction of sp³-hybridized carbons (Fsp3) is 0.833. The summed E-state index contributed by atoms with van der Waals surface area (Å²) >= 11 is 0. The second-order valence-corrected chi connectivity index (χ2v) is 2.89. The molecule has 0 radical (unpaired) electrons. The molecule has 2 unspecified atom stereocenters. The maximum absolute atomic E-state index is 10.6. The molecule has 1 amide bonds. The predicted octanol–water partition coefficient (Wildman–Crippen LogP) is 0.678. The van der Waals surface area contributed by atoms with Crippen LogP contribution in [0, 0.1) is 5.53 Å². The Labute approximate surface area is 69.4 Å². The van der Waals surface area contributed by atoms with Gasteiger partial charge in [0.25, 0.3) is 0 Å². The number of nitrogens with zero attached hydrogens (tertiary/aromatic N) is 3. The Morgan fingerprint density at radius 3 is 2.92 bits per heavy atom. The molecule has 66 valence electrons. The van der Waals surface area contributed by atoms with Crippen LogP contribution in [0.4, 0.5) is 4.79 Å². The molecule has 1 rings (SSSR count). The molecule has 1 heterocycles. The van der Waals surface area contributed by atoms with Gasteiger partial charge in [-0.1, -0.05) is 0 Å². The summed E-state index contributed by atoms with van der Waals surface area (Å²) in [7, 11) is 0. The summed E-state index contributed by atoms with van der Waals surface area (Å²) in [5, 5.41) is 12.3. The van der Waals surface area contributed by atoms with Gasteiger partial charge in [-0.25, -0.2) is 4.79 Å². The van der Waals surface area contributed by atoms with E-state index >= 15 is 0 Å². The molecule has 1 aliphatic heterocycles. The Bertz CT molecular complexity index is 236. The Hall–Kier alpha value is -1.42. The number of hydrogen-bond donors (Lipinski definition) is 2. The number of nitrogens with one attached hydrogen (secondary N) is 1. The molecule has 1 saturated heterocycles. The molecule has 0 aromatic rings. The average molecular weight is 171 g/mol. The van der Waals surface area contributed by atoms with Gasteiger partial charge in [0.05, 0.1) is 6.54 Å². The molecule has 6 nitrogen and oxygen atoms in total. The molecule has 1 aliphatic rings. The second kappa shape index (κ2) is 3.32. The average Bonchev–Trinajstić information content (AvgIpc) is 2.32. The zero-order valence-electron chi connectivity index (χ0n) is 6.77. The van der Waals surface area contributed by atoms with Gasteiger partial charge in [-0.05, 0) is 13.3 Å². The maximum Gasteiger partial charge on any atom is 0.407 e. The summed E-state index contributed by atoms with van der Waals surface area (Å²) < 4.78 is 0. The van der Waals surface area contributed by atoms with Gasteiger partial charge in [-0.3, -0.25) is 0 Å². The van der Waals surface area contributed by atoms with Crippen LogP contribution >= 0.6 is 0 Å². The SMILES string of the molecule is CC1CC(N=[N+]=N)CN1C(=O)O. The number of carbonyl (C=O) groups is 1. The van der Waals surface area contributed by atoms with Gasteiger partial charge in [0.1, 0.15) is 10.6 Å². The fourth-order valence-corrected chi connectivity index (χ4v) is 1.43. The lowest BCUT2D eigenvalue weighted by atomic mass is 10.2. The number of hydrogen-bond acceptors (Lipinski definition) is 3. The molecular weight excluding hydrogens is 160 g/mol. The van der Waals surface area contributed by atoms with Gasteiger partial charge < -0.3 is 10.0 Å². The smallest absolute Gasteiger partial charge is 0.407 e. The molecule has 6 heteroatoms. The van der Waals surface area contributed by atoms with E-state index in [9.17, 15) is 4.79 Å². The third kappa shape index (κ3) is 1.60. The zero-order chi connectivity index (χ0) is 9.14. The lowest BCUT2D eigenvalue weighted by Crippen LogP contribution is -2.32. The topological polar surface area (TPSA) is 90.9 Å². The van der Waals surface area contributed by atoms with E-state index in [1.54, 1.807) is 0 Å². The molecule has 2 atom stereocenters. The molecule has 0 spiro atoms. The standard InChI is InChI=1S/C6H10N4O2/c1-4-2-5(8-9-7)3-10(4)6(11)12/h4-5,7H,2-3H2,1H3/p+1. The molecule has 0 aliphatic carbocycles. The van der Waals surface area contributed by atoms with Crippen LogP contribution in [-0.2, 0) is 0 Å². The van der Waals surface area contributed by atoms with E-state index in [1.165, 1.54) is 4.90 Å². The predicted molar refractivity (Wildman–Crippen MR) is 39.9 cm³/mol. The molecule has 12 heavy (non-hydrogen) atoms. The van der Waals surface area contributed by atoms with E-state index in [0.29, 0.717) is 13.0 Å². The third-order valence-electron chi connectivity index (χ3n) is 2.02. The summed E-state index contributed by atoms with van der Waals surface area (Å²) in [6.07, 6.45) is -0.264. The van der Waals surface area contributed by atoms with E-state index in [0.717, 1.165) is 0 Å². The minimum Gasteiger partial charge on any atom is -0.465 e. The molecule has 1 fully saturated rings. The molecule has 2 N–H and O–H groups in total. The lowest BCUT2D eigenvalue weighted by molar-refractivity contribution is 0.143. The van der Waals surface area contributed by atoms with E-state index in [2.05, 4.69) is 10.0 Å². The Balaban J connectivity index is 2.61. The van der Waals surface area contributed by atoms with E-state index in [4.69, 9.17) is 10.6 Å². The van der Waals surface area contributed by atoms with Crippen LogP contribution in [0.15, 0.2) is 5.11 Å². The number of rotatable bonds is 1. The van der Waals surface area contributed by atoms with Gasteiger partial charge in [0.15, 0.2) is 6.04 Å². The lowest BCUT2D eigenvalue weighted by Gasteiger charge is -2.15. The first-order chi connectivity index (χ1) is 5.65. The van der Waals surface area contributed by atoms with Crippen molar-refractivity contribution in [3.63, 3.8) is 0 Å². The monoisotopic (exact) mass is 171 g/mol. The maximum atomic E-state index is 10.6. The highest BCUT2D eigenvalue weighted by Gasteiger charge is 2.34. The largest absolute Gasteiger partial charge is 0.465 e. The van der Waals surface area contributed by atoms with Crippen molar-refractivity contribution >= 4 is 6.09 Å². The summed E-state index contributed by atoms with van der Waals surface area (Å²) in [5.74, 6) is 0. The Kier molecular flexibility index (Phi) is 2.40. The minimum absolute atomic E-state index is 0.0157. The van der Waals surface area contributed by atoms with Gasteiger partial charge in [0, 0.05) is 6.04 Å². The van der Waals surface area contributed by atoms with Crippen molar-refractivity contribution < 1.29 is 9.90 Å². The molecule has 0 aromatic heterocycles. The Morgan fingerprint density at radius 1 is 1.83 bits per heavy atom. The Morgan fingerprint density at radius 2 is 2.50 bits per heavy atom. The van der Waals surface area contributed by atoms with Crippen LogP contribution in [0.25, 0.3) is 0 Å². The van der Waals surface area contributed by atoms with Crippen molar-refractivity contribution in [3.8, 4) is 0 Å². The van der Waals surface area contributed by atoms with Gasteiger partial charge in [0.2, 0.25) is 4.91 Å².